The van der Waals surface area contributed by atoms with E-state index in [0.717, 1.165) is 5.56 Å². The molecule has 1 heterocycles. The Hall–Kier alpha value is -1.79. The Morgan fingerprint density at radius 3 is 2.58 bits per heavy atom. The highest BCUT2D eigenvalue weighted by atomic mass is 16.5. The number of hydrogen-bond acceptors (Lipinski definition) is 5. The first-order chi connectivity index (χ1) is 9.06. The van der Waals surface area contributed by atoms with Gasteiger partial charge in [-0.25, -0.2) is 0 Å². The van der Waals surface area contributed by atoms with Gasteiger partial charge < -0.3 is 19.7 Å². The van der Waals surface area contributed by atoms with Crippen molar-refractivity contribution in [2.24, 2.45) is 0 Å². The Labute approximate surface area is 111 Å². The van der Waals surface area contributed by atoms with Gasteiger partial charge in [-0.05, 0) is 24.1 Å². The van der Waals surface area contributed by atoms with E-state index in [2.05, 4.69) is 0 Å². The van der Waals surface area contributed by atoms with E-state index in [-0.39, 0.29) is 6.54 Å². The molecule has 6 heteroatoms. The number of aliphatic carboxylic acids is 1. The molecule has 104 valence electrons. The van der Waals surface area contributed by atoms with Crippen molar-refractivity contribution in [1.82, 2.24) is 4.90 Å². The number of nitrogens with zero attached hydrogens (tertiary/aromatic N) is 1. The summed E-state index contributed by atoms with van der Waals surface area (Å²) in [7, 11) is 3.08. The minimum atomic E-state index is -0.956. The lowest BCUT2D eigenvalue weighted by atomic mass is 9.97. The normalized spacial score (nSPS) is 18.8. The number of aliphatic hydroxyl groups excluding tert-OH is 1. The number of ether oxygens (including phenoxy) is 2. The minimum Gasteiger partial charge on any atom is -0.493 e. The van der Waals surface area contributed by atoms with Gasteiger partial charge in [0.2, 0.25) is 0 Å². The Balaban J connectivity index is 2.34. The summed E-state index contributed by atoms with van der Waals surface area (Å²) in [6.07, 6.45) is -0.264. The van der Waals surface area contributed by atoms with E-state index in [1.807, 2.05) is 6.07 Å². The third kappa shape index (κ3) is 2.64. The molecule has 1 aromatic rings. The van der Waals surface area contributed by atoms with Crippen molar-refractivity contribution in [2.45, 2.75) is 12.6 Å². The number of hydrogen-bond donors (Lipinski definition) is 2. The van der Waals surface area contributed by atoms with Crippen molar-refractivity contribution in [1.29, 1.82) is 0 Å². The first kappa shape index (κ1) is 13.6. The predicted molar refractivity (Wildman–Crippen MR) is 67.4 cm³/mol. The molecule has 19 heavy (non-hydrogen) atoms. The number of fused-ring (bicyclic) bond motifs is 1. The highest BCUT2D eigenvalue weighted by molar-refractivity contribution is 5.69. The lowest BCUT2D eigenvalue weighted by Crippen LogP contribution is -2.38. The van der Waals surface area contributed by atoms with E-state index in [1.54, 1.807) is 13.2 Å². The number of carbonyl (C=O) groups is 1. The van der Waals surface area contributed by atoms with Crippen molar-refractivity contribution in [3.63, 3.8) is 0 Å². The van der Waals surface area contributed by atoms with Crippen LogP contribution in [0.2, 0.25) is 0 Å². The summed E-state index contributed by atoms with van der Waals surface area (Å²) in [5, 5.41) is 19.0. The summed E-state index contributed by atoms with van der Waals surface area (Å²) in [6.45, 7) is 0.310. The number of methoxy groups -OCH3 is 2. The summed E-state index contributed by atoms with van der Waals surface area (Å²) < 4.78 is 10.4. The fourth-order valence-corrected chi connectivity index (χ4v) is 2.32. The van der Waals surface area contributed by atoms with Gasteiger partial charge in [-0.1, -0.05) is 0 Å². The van der Waals surface area contributed by atoms with Crippen LogP contribution in [0.5, 0.6) is 11.5 Å². The van der Waals surface area contributed by atoms with E-state index in [9.17, 15) is 9.90 Å². The number of carboxylic acids is 1. The topological polar surface area (TPSA) is 79.2 Å². The second-order valence-corrected chi connectivity index (χ2v) is 4.39. The van der Waals surface area contributed by atoms with Crippen LogP contribution in [0.4, 0.5) is 0 Å². The van der Waals surface area contributed by atoms with Gasteiger partial charge in [0.05, 0.1) is 20.8 Å². The van der Waals surface area contributed by atoms with Crippen LogP contribution in [0.3, 0.4) is 0 Å². The van der Waals surface area contributed by atoms with Crippen LogP contribution in [-0.2, 0) is 11.2 Å². The quantitative estimate of drug-likeness (QED) is 0.833. The van der Waals surface area contributed by atoms with E-state index in [4.69, 9.17) is 14.6 Å². The molecule has 1 aliphatic rings. The van der Waals surface area contributed by atoms with Gasteiger partial charge in [0, 0.05) is 12.1 Å². The van der Waals surface area contributed by atoms with Gasteiger partial charge in [-0.3, -0.25) is 9.69 Å². The van der Waals surface area contributed by atoms with Gasteiger partial charge in [0.1, 0.15) is 6.23 Å². The predicted octanol–water partition coefficient (Wildman–Crippen LogP) is 0.637. The molecule has 1 aromatic carbocycles. The molecule has 0 radical (unpaired) electrons. The molecule has 0 amide bonds. The standard InChI is InChI=1S/C13H17NO5/c1-18-10-5-8-3-4-14(7-12(15)16)13(17)9(8)6-11(10)19-2/h5-6,13,17H,3-4,7H2,1-2H3,(H,15,16). The van der Waals surface area contributed by atoms with E-state index in [1.165, 1.54) is 12.0 Å². The van der Waals surface area contributed by atoms with Crippen LogP contribution in [-0.4, -0.2) is 48.4 Å². The van der Waals surface area contributed by atoms with Gasteiger partial charge in [0.25, 0.3) is 0 Å². The van der Waals surface area contributed by atoms with Crippen molar-refractivity contribution in [3.8, 4) is 11.5 Å². The molecule has 6 nitrogen and oxygen atoms in total. The molecule has 1 atom stereocenters. The molecule has 0 spiro atoms. The van der Waals surface area contributed by atoms with E-state index in [0.29, 0.717) is 30.0 Å². The van der Waals surface area contributed by atoms with Crippen LogP contribution < -0.4 is 9.47 Å². The summed E-state index contributed by atoms with van der Waals surface area (Å²) in [5.74, 6) is 0.181. The maximum atomic E-state index is 10.8. The molecular weight excluding hydrogens is 250 g/mol. The van der Waals surface area contributed by atoms with Crippen molar-refractivity contribution < 1.29 is 24.5 Å². The second kappa shape index (κ2) is 5.46. The number of benzene rings is 1. The number of carboxylic acid groups (broad SMARTS) is 1. The van der Waals surface area contributed by atoms with Crippen LogP contribution >= 0.6 is 0 Å². The summed E-state index contributed by atoms with van der Waals surface area (Å²) >= 11 is 0. The highest BCUT2D eigenvalue weighted by Crippen LogP contribution is 2.36. The minimum absolute atomic E-state index is 0.186. The zero-order valence-corrected chi connectivity index (χ0v) is 10.9. The molecule has 0 aliphatic carbocycles. The Morgan fingerprint density at radius 2 is 2.00 bits per heavy atom. The van der Waals surface area contributed by atoms with Gasteiger partial charge >= 0.3 is 5.97 Å². The molecule has 0 aromatic heterocycles. The molecule has 1 unspecified atom stereocenters. The monoisotopic (exact) mass is 267 g/mol. The third-order valence-corrected chi connectivity index (χ3v) is 3.28. The zero-order valence-electron chi connectivity index (χ0n) is 10.9. The lowest BCUT2D eigenvalue weighted by Gasteiger charge is -2.33. The van der Waals surface area contributed by atoms with E-state index < -0.39 is 12.2 Å². The van der Waals surface area contributed by atoms with Crippen molar-refractivity contribution in [2.75, 3.05) is 27.3 Å². The maximum absolute atomic E-state index is 10.8. The molecule has 2 rings (SSSR count). The molecular formula is C13H17NO5. The average molecular weight is 267 g/mol. The Morgan fingerprint density at radius 1 is 1.37 bits per heavy atom. The Bertz CT molecular complexity index is 488. The van der Waals surface area contributed by atoms with E-state index >= 15 is 0 Å². The van der Waals surface area contributed by atoms with Gasteiger partial charge in [-0.15, -0.1) is 0 Å². The molecule has 0 saturated heterocycles. The van der Waals surface area contributed by atoms with Gasteiger partial charge in [0.15, 0.2) is 11.5 Å². The van der Waals surface area contributed by atoms with Gasteiger partial charge in [-0.2, -0.15) is 0 Å². The zero-order chi connectivity index (χ0) is 14.0. The Kier molecular flexibility index (Phi) is 3.92. The first-order valence-corrected chi connectivity index (χ1v) is 5.95. The smallest absolute Gasteiger partial charge is 0.317 e. The van der Waals surface area contributed by atoms with Crippen LogP contribution in [0.25, 0.3) is 0 Å². The second-order valence-electron chi connectivity index (χ2n) is 4.39. The van der Waals surface area contributed by atoms with Crippen LogP contribution in [0, 0.1) is 0 Å². The molecule has 2 N–H and O–H groups in total. The SMILES string of the molecule is COc1cc2c(cc1OC)C(O)N(CC(=O)O)CC2. The van der Waals surface area contributed by atoms with Crippen LogP contribution in [0.15, 0.2) is 12.1 Å². The number of aliphatic hydroxyl groups is 1. The maximum Gasteiger partial charge on any atom is 0.317 e. The highest BCUT2D eigenvalue weighted by Gasteiger charge is 2.28. The van der Waals surface area contributed by atoms with Crippen molar-refractivity contribution in [3.05, 3.63) is 23.3 Å². The fraction of sp³-hybridized carbons (Fsp3) is 0.462. The summed E-state index contributed by atoms with van der Waals surface area (Å²) in [5.41, 5.74) is 1.62. The molecule has 0 saturated carbocycles. The van der Waals surface area contributed by atoms with Crippen LogP contribution in [0.1, 0.15) is 17.4 Å². The lowest BCUT2D eigenvalue weighted by molar-refractivity contribution is -0.142. The molecule has 0 bridgehead atoms. The third-order valence-electron chi connectivity index (χ3n) is 3.28. The first-order valence-electron chi connectivity index (χ1n) is 5.95. The average Bonchev–Trinajstić information content (AvgIpc) is 2.40. The number of rotatable bonds is 4. The largest absolute Gasteiger partial charge is 0.493 e. The van der Waals surface area contributed by atoms with Crippen molar-refractivity contribution >= 4 is 5.97 Å². The molecule has 0 fully saturated rings. The summed E-state index contributed by atoms with van der Waals surface area (Å²) in [6, 6.07) is 3.53. The fourth-order valence-electron chi connectivity index (χ4n) is 2.32. The summed E-state index contributed by atoms with van der Waals surface area (Å²) in [4.78, 5) is 12.3. The molecule has 1 aliphatic heterocycles.